The Bertz CT molecular complexity index is 869. The lowest BCUT2D eigenvalue weighted by atomic mass is 10.0. The first-order valence-electron chi connectivity index (χ1n) is 11.3. The molecule has 1 fully saturated rings. The first kappa shape index (κ1) is 23.6. The molecule has 1 aliphatic rings. The van der Waals surface area contributed by atoms with E-state index in [2.05, 4.69) is 77.9 Å². The summed E-state index contributed by atoms with van der Waals surface area (Å²) in [5, 5.41) is 7.03. The fourth-order valence-corrected chi connectivity index (χ4v) is 3.87. The van der Waals surface area contributed by atoms with Gasteiger partial charge < -0.3 is 29.9 Å². The zero-order valence-corrected chi connectivity index (χ0v) is 20.0. The Morgan fingerprint density at radius 1 is 1.06 bits per heavy atom. The number of ether oxygens (including phenoxy) is 2. The monoisotopic (exact) mass is 439 g/mol. The molecule has 0 amide bonds. The van der Waals surface area contributed by atoms with Crippen molar-refractivity contribution >= 4 is 17.3 Å². The van der Waals surface area contributed by atoms with Crippen molar-refractivity contribution in [2.24, 2.45) is 4.99 Å². The maximum Gasteiger partial charge on any atom is 0.191 e. The number of methoxy groups -OCH3 is 2. The summed E-state index contributed by atoms with van der Waals surface area (Å²) in [4.78, 5) is 9.33. The number of rotatable bonds is 8. The second-order valence-electron chi connectivity index (χ2n) is 8.24. The Morgan fingerprint density at radius 2 is 1.75 bits per heavy atom. The molecule has 0 spiro atoms. The maximum atomic E-state index is 5.43. The van der Waals surface area contributed by atoms with Gasteiger partial charge in [0.1, 0.15) is 11.5 Å². The minimum Gasteiger partial charge on any atom is -0.497 e. The van der Waals surface area contributed by atoms with E-state index in [1.807, 2.05) is 6.07 Å². The first-order valence-corrected chi connectivity index (χ1v) is 11.3. The van der Waals surface area contributed by atoms with E-state index in [0.717, 1.165) is 55.6 Å². The van der Waals surface area contributed by atoms with Crippen molar-refractivity contribution in [1.29, 1.82) is 0 Å². The molecule has 7 heteroatoms. The normalized spacial score (nSPS) is 14.8. The molecule has 2 aromatic rings. The van der Waals surface area contributed by atoms with Gasteiger partial charge in [-0.3, -0.25) is 0 Å². The van der Waals surface area contributed by atoms with E-state index in [-0.39, 0.29) is 0 Å². The molecule has 174 valence electrons. The van der Waals surface area contributed by atoms with E-state index < -0.39 is 0 Å². The number of nitrogens with zero attached hydrogens (tertiary/aromatic N) is 3. The van der Waals surface area contributed by atoms with Crippen molar-refractivity contribution in [3.63, 3.8) is 0 Å². The molecule has 2 N–H and O–H groups in total. The zero-order chi connectivity index (χ0) is 22.9. The summed E-state index contributed by atoms with van der Waals surface area (Å²) in [5.41, 5.74) is 3.54. The Morgan fingerprint density at radius 3 is 2.34 bits per heavy atom. The standard InChI is InChI=1S/C25H37N5O2/c1-6-26-25(27-18-19-8-7-9-21(14-19)29(2)3)28-20-10-12-30(13-11-20)22-15-23(31-4)17-24(16-22)32-5/h7-9,14-17,20H,6,10-13,18H2,1-5H3,(H2,26,27,28). The van der Waals surface area contributed by atoms with E-state index >= 15 is 0 Å². The first-order chi connectivity index (χ1) is 15.5. The predicted molar refractivity (Wildman–Crippen MR) is 134 cm³/mol. The minimum atomic E-state index is 0.393. The second-order valence-corrected chi connectivity index (χ2v) is 8.24. The van der Waals surface area contributed by atoms with Crippen LogP contribution >= 0.6 is 0 Å². The highest BCUT2D eigenvalue weighted by Crippen LogP contribution is 2.30. The highest BCUT2D eigenvalue weighted by atomic mass is 16.5. The predicted octanol–water partition coefficient (Wildman–Crippen LogP) is 3.49. The molecule has 0 atom stereocenters. The number of benzene rings is 2. The van der Waals surface area contributed by atoms with E-state index in [0.29, 0.717) is 12.6 Å². The molecular formula is C25H37N5O2. The highest BCUT2D eigenvalue weighted by molar-refractivity contribution is 5.80. The van der Waals surface area contributed by atoms with Crippen LogP contribution < -0.4 is 29.9 Å². The van der Waals surface area contributed by atoms with Crippen molar-refractivity contribution in [3.8, 4) is 11.5 Å². The Kier molecular flexibility index (Phi) is 8.48. The molecule has 0 aliphatic carbocycles. The number of piperidine rings is 1. The van der Waals surface area contributed by atoms with Crippen LogP contribution in [0.3, 0.4) is 0 Å². The van der Waals surface area contributed by atoms with Gasteiger partial charge in [-0.05, 0) is 37.5 Å². The van der Waals surface area contributed by atoms with Crippen molar-refractivity contribution in [2.75, 3.05) is 57.7 Å². The van der Waals surface area contributed by atoms with Gasteiger partial charge in [0.25, 0.3) is 0 Å². The van der Waals surface area contributed by atoms with Crippen molar-refractivity contribution in [1.82, 2.24) is 10.6 Å². The number of aliphatic imine (C=N–C) groups is 1. The fourth-order valence-electron chi connectivity index (χ4n) is 3.87. The third-order valence-electron chi connectivity index (χ3n) is 5.73. The lowest BCUT2D eigenvalue weighted by Gasteiger charge is -2.34. The van der Waals surface area contributed by atoms with Crippen LogP contribution in [0, 0.1) is 0 Å². The average molecular weight is 440 g/mol. The summed E-state index contributed by atoms with van der Waals surface area (Å²) < 4.78 is 10.9. The summed E-state index contributed by atoms with van der Waals surface area (Å²) in [6.45, 7) is 5.53. The smallest absolute Gasteiger partial charge is 0.191 e. The van der Waals surface area contributed by atoms with Gasteiger partial charge >= 0.3 is 0 Å². The van der Waals surface area contributed by atoms with Crippen LogP contribution in [0.5, 0.6) is 11.5 Å². The van der Waals surface area contributed by atoms with Crippen LogP contribution in [0.1, 0.15) is 25.3 Å². The second kappa shape index (κ2) is 11.5. The molecule has 2 aromatic carbocycles. The minimum absolute atomic E-state index is 0.393. The number of hydrogen-bond acceptors (Lipinski definition) is 5. The van der Waals surface area contributed by atoms with Crippen LogP contribution in [0.4, 0.5) is 11.4 Å². The molecule has 1 saturated heterocycles. The molecule has 0 bridgehead atoms. The van der Waals surface area contributed by atoms with E-state index in [4.69, 9.17) is 14.5 Å². The van der Waals surface area contributed by atoms with Gasteiger partial charge in [0.05, 0.1) is 20.8 Å². The Labute approximate surface area is 192 Å². The van der Waals surface area contributed by atoms with Gasteiger partial charge in [-0.1, -0.05) is 12.1 Å². The van der Waals surface area contributed by atoms with Gasteiger partial charge in [-0.2, -0.15) is 0 Å². The van der Waals surface area contributed by atoms with Crippen LogP contribution in [-0.4, -0.2) is 60.0 Å². The third-order valence-corrected chi connectivity index (χ3v) is 5.73. The number of hydrogen-bond donors (Lipinski definition) is 2. The number of nitrogens with one attached hydrogen (secondary N) is 2. The molecule has 1 aliphatic heterocycles. The van der Waals surface area contributed by atoms with Crippen molar-refractivity contribution in [3.05, 3.63) is 48.0 Å². The summed E-state index contributed by atoms with van der Waals surface area (Å²) >= 11 is 0. The SMILES string of the molecule is CCNC(=NCc1cccc(N(C)C)c1)NC1CCN(c2cc(OC)cc(OC)c2)CC1. The molecule has 0 unspecified atom stereocenters. The summed E-state index contributed by atoms with van der Waals surface area (Å²) in [6.07, 6.45) is 2.08. The van der Waals surface area contributed by atoms with Gasteiger partial charge in [0.15, 0.2) is 5.96 Å². The summed E-state index contributed by atoms with van der Waals surface area (Å²) in [5.74, 6) is 2.52. The van der Waals surface area contributed by atoms with Gasteiger partial charge in [0, 0.05) is 69.3 Å². The Hall–Kier alpha value is -3.09. The highest BCUT2D eigenvalue weighted by Gasteiger charge is 2.21. The molecule has 32 heavy (non-hydrogen) atoms. The summed E-state index contributed by atoms with van der Waals surface area (Å²) in [6, 6.07) is 15.0. The maximum absolute atomic E-state index is 5.43. The van der Waals surface area contributed by atoms with Crippen LogP contribution in [-0.2, 0) is 6.54 Å². The average Bonchev–Trinajstić information content (AvgIpc) is 2.83. The van der Waals surface area contributed by atoms with Crippen LogP contribution in [0.15, 0.2) is 47.5 Å². The van der Waals surface area contributed by atoms with Gasteiger partial charge in [-0.15, -0.1) is 0 Å². The zero-order valence-electron chi connectivity index (χ0n) is 20.0. The molecule has 0 aromatic heterocycles. The molecule has 7 nitrogen and oxygen atoms in total. The molecule has 1 heterocycles. The quantitative estimate of drug-likeness (QED) is 0.485. The molecule has 0 radical (unpaired) electrons. The van der Waals surface area contributed by atoms with E-state index in [1.165, 1.54) is 11.3 Å². The van der Waals surface area contributed by atoms with Crippen molar-refractivity contribution in [2.45, 2.75) is 32.4 Å². The molecule has 3 rings (SSSR count). The van der Waals surface area contributed by atoms with E-state index in [9.17, 15) is 0 Å². The molecule has 0 saturated carbocycles. The number of anilines is 2. The summed E-state index contributed by atoms with van der Waals surface area (Å²) in [7, 11) is 7.49. The largest absolute Gasteiger partial charge is 0.497 e. The third kappa shape index (κ3) is 6.45. The van der Waals surface area contributed by atoms with Crippen LogP contribution in [0.2, 0.25) is 0 Å². The van der Waals surface area contributed by atoms with Gasteiger partial charge in [0.2, 0.25) is 0 Å². The van der Waals surface area contributed by atoms with Gasteiger partial charge in [-0.25, -0.2) is 4.99 Å². The van der Waals surface area contributed by atoms with Crippen LogP contribution in [0.25, 0.3) is 0 Å². The lowest BCUT2D eigenvalue weighted by Crippen LogP contribution is -2.48. The van der Waals surface area contributed by atoms with E-state index in [1.54, 1.807) is 14.2 Å². The molecular weight excluding hydrogens is 402 g/mol. The topological polar surface area (TPSA) is 61.4 Å². The Balaban J connectivity index is 1.59. The fraction of sp³-hybridized carbons (Fsp3) is 0.480. The van der Waals surface area contributed by atoms with Crippen molar-refractivity contribution < 1.29 is 9.47 Å². The lowest BCUT2D eigenvalue weighted by molar-refractivity contribution is 0.393. The number of guanidine groups is 1.